The lowest BCUT2D eigenvalue weighted by molar-refractivity contribution is -0.000522. The molecule has 2 aliphatic rings. The van der Waals surface area contributed by atoms with E-state index in [4.69, 9.17) is 9.72 Å². The van der Waals surface area contributed by atoms with Crippen molar-refractivity contribution < 1.29 is 14.3 Å². The number of pyridine rings is 1. The van der Waals surface area contributed by atoms with Crippen LogP contribution in [0.25, 0.3) is 0 Å². The van der Waals surface area contributed by atoms with Crippen LogP contribution in [-0.2, 0) is 17.6 Å². The molecule has 0 unspecified atom stereocenters. The second-order valence-corrected chi connectivity index (χ2v) is 10.2. The molecular weight excluding hydrogens is 452 g/mol. The molecule has 2 aliphatic heterocycles. The minimum atomic E-state index is -0.164. The van der Waals surface area contributed by atoms with Gasteiger partial charge in [0, 0.05) is 55.2 Å². The van der Waals surface area contributed by atoms with Crippen LogP contribution < -0.4 is 15.5 Å². The number of amides is 2. The van der Waals surface area contributed by atoms with E-state index in [0.717, 1.165) is 88.3 Å². The standard InChI is InChI=1S/C29H40N4O3/c1-4-7-15-30-27(34)22-9-11-23(12-10-22)31-28(35)24-18-21(6-3)25(8-5-2)32-26(24)33-19-29(20-33)13-16-36-17-14-29/h9-12,18H,4-8,13-17,19-20H2,1-3H3,(H,30,34)(H,31,35). The lowest BCUT2D eigenvalue weighted by Gasteiger charge is -2.53. The third-order valence-electron chi connectivity index (χ3n) is 7.41. The molecule has 0 bridgehead atoms. The molecule has 0 aliphatic carbocycles. The normalized spacial score (nSPS) is 16.5. The third-order valence-corrected chi connectivity index (χ3v) is 7.41. The molecule has 0 atom stereocenters. The summed E-state index contributed by atoms with van der Waals surface area (Å²) in [6, 6.07) is 9.11. The number of anilines is 2. The molecule has 2 N–H and O–H groups in total. The maximum atomic E-state index is 13.5. The van der Waals surface area contributed by atoms with Crippen molar-refractivity contribution in [3.8, 4) is 0 Å². The van der Waals surface area contributed by atoms with Crippen molar-refractivity contribution in [3.05, 3.63) is 52.7 Å². The molecule has 1 spiro atoms. The maximum absolute atomic E-state index is 13.5. The molecule has 1 aromatic heterocycles. The monoisotopic (exact) mass is 492 g/mol. The molecule has 2 saturated heterocycles. The lowest BCUT2D eigenvalue weighted by Crippen LogP contribution is -2.59. The molecule has 4 rings (SSSR count). The SMILES string of the molecule is CCCCNC(=O)c1ccc(NC(=O)c2cc(CC)c(CCC)nc2N2CC3(CCOCC3)C2)cc1. The van der Waals surface area contributed by atoms with Crippen LogP contribution in [0.5, 0.6) is 0 Å². The number of hydrogen-bond acceptors (Lipinski definition) is 5. The number of carbonyl (C=O) groups excluding carboxylic acids is 2. The Kier molecular flexibility index (Phi) is 8.62. The molecule has 0 saturated carbocycles. The van der Waals surface area contributed by atoms with Crippen LogP contribution in [0, 0.1) is 5.41 Å². The minimum absolute atomic E-state index is 0.0910. The molecule has 7 heteroatoms. The van der Waals surface area contributed by atoms with Gasteiger partial charge in [0.05, 0.1) is 5.56 Å². The highest BCUT2D eigenvalue weighted by Crippen LogP contribution is 2.42. The van der Waals surface area contributed by atoms with Crippen LogP contribution in [0.15, 0.2) is 30.3 Å². The summed E-state index contributed by atoms with van der Waals surface area (Å²) in [4.78, 5) is 33.1. The summed E-state index contributed by atoms with van der Waals surface area (Å²) in [5, 5.41) is 5.96. The fourth-order valence-corrected chi connectivity index (χ4v) is 5.17. The van der Waals surface area contributed by atoms with Gasteiger partial charge in [0.2, 0.25) is 0 Å². The number of aryl methyl sites for hydroxylation is 2. The van der Waals surface area contributed by atoms with Crippen molar-refractivity contribution >= 4 is 23.3 Å². The summed E-state index contributed by atoms with van der Waals surface area (Å²) in [7, 11) is 0. The molecule has 7 nitrogen and oxygen atoms in total. The van der Waals surface area contributed by atoms with Gasteiger partial charge in [-0.1, -0.05) is 33.6 Å². The van der Waals surface area contributed by atoms with Crippen molar-refractivity contribution in [2.24, 2.45) is 5.41 Å². The van der Waals surface area contributed by atoms with Gasteiger partial charge in [-0.3, -0.25) is 9.59 Å². The van der Waals surface area contributed by atoms with Crippen LogP contribution in [0.4, 0.5) is 11.5 Å². The van der Waals surface area contributed by atoms with E-state index in [1.165, 1.54) is 0 Å². The average Bonchev–Trinajstić information content (AvgIpc) is 2.88. The van der Waals surface area contributed by atoms with Crippen LogP contribution in [-0.4, -0.2) is 49.6 Å². The van der Waals surface area contributed by atoms with Gasteiger partial charge in [-0.15, -0.1) is 0 Å². The van der Waals surface area contributed by atoms with Gasteiger partial charge in [0.15, 0.2) is 0 Å². The number of rotatable bonds is 10. The number of aromatic nitrogens is 1. The highest BCUT2D eigenvalue weighted by molar-refractivity contribution is 6.08. The van der Waals surface area contributed by atoms with E-state index in [2.05, 4.69) is 36.3 Å². The van der Waals surface area contributed by atoms with Crippen LogP contribution in [0.2, 0.25) is 0 Å². The second-order valence-electron chi connectivity index (χ2n) is 10.2. The van der Waals surface area contributed by atoms with E-state index < -0.39 is 0 Å². The first-order chi connectivity index (χ1) is 17.5. The highest BCUT2D eigenvalue weighted by atomic mass is 16.5. The van der Waals surface area contributed by atoms with Gasteiger partial charge in [-0.05, 0) is 68.0 Å². The molecule has 2 fully saturated rings. The lowest BCUT2D eigenvalue weighted by atomic mass is 9.73. The van der Waals surface area contributed by atoms with Gasteiger partial charge >= 0.3 is 0 Å². The number of nitrogens with zero attached hydrogens (tertiary/aromatic N) is 2. The van der Waals surface area contributed by atoms with Gasteiger partial charge in [-0.2, -0.15) is 0 Å². The zero-order chi connectivity index (χ0) is 25.5. The van der Waals surface area contributed by atoms with Gasteiger partial charge in [0.25, 0.3) is 11.8 Å². The number of benzene rings is 1. The van der Waals surface area contributed by atoms with Crippen LogP contribution in [0.3, 0.4) is 0 Å². The number of hydrogen-bond donors (Lipinski definition) is 2. The third kappa shape index (κ3) is 5.89. The molecule has 2 aromatic rings. The maximum Gasteiger partial charge on any atom is 0.259 e. The Labute approximate surface area is 215 Å². The largest absolute Gasteiger partial charge is 0.381 e. The van der Waals surface area contributed by atoms with Gasteiger partial charge in [0.1, 0.15) is 5.82 Å². The van der Waals surface area contributed by atoms with Crippen molar-refractivity contribution in [1.29, 1.82) is 0 Å². The summed E-state index contributed by atoms with van der Waals surface area (Å²) in [6.45, 7) is 10.5. The highest BCUT2D eigenvalue weighted by Gasteiger charge is 2.45. The molecule has 194 valence electrons. The number of carbonyl (C=O) groups is 2. The number of unbranched alkanes of at least 4 members (excludes halogenated alkanes) is 1. The Hall–Kier alpha value is -2.93. The van der Waals surface area contributed by atoms with Crippen molar-refractivity contribution in [1.82, 2.24) is 10.3 Å². The predicted molar refractivity (Wildman–Crippen MR) is 144 cm³/mol. The molecule has 1 aromatic carbocycles. The summed E-state index contributed by atoms with van der Waals surface area (Å²) < 4.78 is 5.58. The quantitative estimate of drug-likeness (QED) is 0.456. The van der Waals surface area contributed by atoms with Crippen LogP contribution in [0.1, 0.15) is 84.8 Å². The topological polar surface area (TPSA) is 83.6 Å². The molecule has 36 heavy (non-hydrogen) atoms. The minimum Gasteiger partial charge on any atom is -0.381 e. The Morgan fingerprint density at radius 2 is 1.75 bits per heavy atom. The summed E-state index contributed by atoms with van der Waals surface area (Å²) in [5.74, 6) is 0.534. The van der Waals surface area contributed by atoms with Crippen molar-refractivity contribution in [2.45, 2.75) is 65.7 Å². The second kappa shape index (κ2) is 11.9. The zero-order valence-corrected chi connectivity index (χ0v) is 22.0. The van der Waals surface area contributed by atoms with E-state index >= 15 is 0 Å². The van der Waals surface area contributed by atoms with Crippen molar-refractivity contribution in [2.75, 3.05) is 43.1 Å². The van der Waals surface area contributed by atoms with Crippen molar-refractivity contribution in [3.63, 3.8) is 0 Å². The zero-order valence-electron chi connectivity index (χ0n) is 22.0. The summed E-state index contributed by atoms with van der Waals surface area (Å²) in [5.41, 5.74) is 4.39. The first kappa shape index (κ1) is 26.1. The summed E-state index contributed by atoms with van der Waals surface area (Å²) in [6.07, 6.45) is 6.90. The fraction of sp³-hybridized carbons (Fsp3) is 0.552. The Bertz CT molecular complexity index is 1050. The van der Waals surface area contributed by atoms with Crippen LogP contribution >= 0.6 is 0 Å². The Balaban J connectivity index is 1.52. The Morgan fingerprint density at radius 3 is 2.39 bits per heavy atom. The predicted octanol–water partition coefficient (Wildman–Crippen LogP) is 5.00. The summed E-state index contributed by atoms with van der Waals surface area (Å²) >= 11 is 0. The molecule has 0 radical (unpaired) electrons. The first-order valence-electron chi connectivity index (χ1n) is 13.5. The fourth-order valence-electron chi connectivity index (χ4n) is 5.17. The number of nitrogens with one attached hydrogen (secondary N) is 2. The average molecular weight is 493 g/mol. The molecular formula is C29H40N4O3. The van der Waals surface area contributed by atoms with E-state index in [9.17, 15) is 9.59 Å². The molecule has 2 amide bonds. The van der Waals surface area contributed by atoms with Gasteiger partial charge in [-0.25, -0.2) is 4.98 Å². The van der Waals surface area contributed by atoms with E-state index in [0.29, 0.717) is 23.4 Å². The Morgan fingerprint density at radius 1 is 1.03 bits per heavy atom. The van der Waals surface area contributed by atoms with E-state index in [-0.39, 0.29) is 17.2 Å². The van der Waals surface area contributed by atoms with E-state index in [1.807, 2.05) is 6.07 Å². The first-order valence-corrected chi connectivity index (χ1v) is 13.5. The number of ether oxygens (including phenoxy) is 1. The van der Waals surface area contributed by atoms with Gasteiger partial charge < -0.3 is 20.3 Å². The van der Waals surface area contributed by atoms with E-state index in [1.54, 1.807) is 24.3 Å². The molecule has 3 heterocycles. The smallest absolute Gasteiger partial charge is 0.259 e.